The first-order valence-corrected chi connectivity index (χ1v) is 5.74. The molecule has 0 unspecified atom stereocenters. The zero-order chi connectivity index (χ0) is 11.4. The highest BCUT2D eigenvalue weighted by Crippen LogP contribution is 2.22. The second-order valence-corrected chi connectivity index (χ2v) is 4.19. The SMILES string of the molecule is COC(=O)c1ccc(NC2CCCC2)cc1. The van der Waals surface area contributed by atoms with Gasteiger partial charge in [0.2, 0.25) is 0 Å². The lowest BCUT2D eigenvalue weighted by atomic mass is 10.2. The molecule has 0 saturated heterocycles. The lowest BCUT2D eigenvalue weighted by Crippen LogP contribution is -2.14. The van der Waals surface area contributed by atoms with Crippen LogP contribution >= 0.6 is 0 Å². The van der Waals surface area contributed by atoms with E-state index in [1.807, 2.05) is 12.1 Å². The third kappa shape index (κ3) is 2.54. The number of methoxy groups -OCH3 is 1. The van der Waals surface area contributed by atoms with Crippen molar-refractivity contribution in [1.29, 1.82) is 0 Å². The summed E-state index contributed by atoms with van der Waals surface area (Å²) in [6.07, 6.45) is 5.13. The number of hydrogen-bond acceptors (Lipinski definition) is 3. The summed E-state index contributed by atoms with van der Waals surface area (Å²) in [4.78, 5) is 11.2. The van der Waals surface area contributed by atoms with Gasteiger partial charge >= 0.3 is 5.97 Å². The van der Waals surface area contributed by atoms with Crippen LogP contribution in [-0.2, 0) is 4.74 Å². The molecule has 0 amide bonds. The molecule has 3 heteroatoms. The van der Waals surface area contributed by atoms with Gasteiger partial charge in [-0.25, -0.2) is 4.79 Å². The van der Waals surface area contributed by atoms with Gasteiger partial charge in [0.25, 0.3) is 0 Å². The topological polar surface area (TPSA) is 38.3 Å². The maximum Gasteiger partial charge on any atom is 0.337 e. The van der Waals surface area contributed by atoms with E-state index in [0.717, 1.165) is 5.69 Å². The summed E-state index contributed by atoms with van der Waals surface area (Å²) in [5.74, 6) is -0.285. The van der Waals surface area contributed by atoms with Gasteiger partial charge in [-0.3, -0.25) is 0 Å². The number of ether oxygens (including phenoxy) is 1. The molecule has 0 aromatic heterocycles. The number of anilines is 1. The first-order valence-electron chi connectivity index (χ1n) is 5.74. The van der Waals surface area contributed by atoms with Crippen LogP contribution in [0.25, 0.3) is 0 Å². The number of carbonyl (C=O) groups is 1. The first kappa shape index (κ1) is 11.0. The van der Waals surface area contributed by atoms with Crippen LogP contribution in [0.3, 0.4) is 0 Å². The van der Waals surface area contributed by atoms with Crippen molar-refractivity contribution < 1.29 is 9.53 Å². The maximum absolute atomic E-state index is 11.2. The van der Waals surface area contributed by atoms with E-state index in [9.17, 15) is 4.79 Å². The zero-order valence-corrected chi connectivity index (χ0v) is 9.53. The van der Waals surface area contributed by atoms with Crippen molar-refractivity contribution in [3.05, 3.63) is 29.8 Å². The number of nitrogens with one attached hydrogen (secondary N) is 1. The molecule has 0 bridgehead atoms. The minimum absolute atomic E-state index is 0.285. The fourth-order valence-electron chi connectivity index (χ4n) is 2.13. The summed E-state index contributed by atoms with van der Waals surface area (Å²) >= 11 is 0. The van der Waals surface area contributed by atoms with Crippen LogP contribution in [0.2, 0.25) is 0 Å². The van der Waals surface area contributed by atoms with E-state index in [1.165, 1.54) is 32.8 Å². The van der Waals surface area contributed by atoms with Crippen molar-refractivity contribution in [2.24, 2.45) is 0 Å². The lowest BCUT2D eigenvalue weighted by molar-refractivity contribution is 0.0601. The average molecular weight is 219 g/mol. The summed E-state index contributed by atoms with van der Waals surface area (Å²) in [5, 5.41) is 3.47. The Balaban J connectivity index is 1.98. The molecule has 0 aliphatic heterocycles. The molecule has 1 aromatic rings. The summed E-state index contributed by atoms with van der Waals surface area (Å²) in [6, 6.07) is 8.06. The van der Waals surface area contributed by atoms with Gasteiger partial charge in [0.1, 0.15) is 0 Å². The minimum atomic E-state index is -0.285. The molecule has 1 saturated carbocycles. The van der Waals surface area contributed by atoms with E-state index in [2.05, 4.69) is 10.1 Å². The second-order valence-electron chi connectivity index (χ2n) is 4.19. The molecule has 0 atom stereocenters. The molecule has 1 aromatic carbocycles. The van der Waals surface area contributed by atoms with Crippen LogP contribution in [0.4, 0.5) is 5.69 Å². The van der Waals surface area contributed by atoms with E-state index >= 15 is 0 Å². The Hall–Kier alpha value is -1.51. The standard InChI is InChI=1S/C13H17NO2/c1-16-13(15)10-6-8-12(9-7-10)14-11-4-2-3-5-11/h6-9,11,14H,2-5H2,1H3. The Morgan fingerprint density at radius 3 is 2.44 bits per heavy atom. The summed E-state index contributed by atoms with van der Waals surface area (Å²) in [6.45, 7) is 0. The maximum atomic E-state index is 11.2. The Morgan fingerprint density at radius 1 is 1.25 bits per heavy atom. The fourth-order valence-corrected chi connectivity index (χ4v) is 2.13. The van der Waals surface area contributed by atoms with Crippen molar-refractivity contribution in [3.8, 4) is 0 Å². The van der Waals surface area contributed by atoms with Gasteiger partial charge in [-0.1, -0.05) is 12.8 Å². The predicted octanol–water partition coefficient (Wildman–Crippen LogP) is 2.83. The van der Waals surface area contributed by atoms with Crippen molar-refractivity contribution >= 4 is 11.7 Å². The van der Waals surface area contributed by atoms with Crippen molar-refractivity contribution in [1.82, 2.24) is 0 Å². The monoisotopic (exact) mass is 219 g/mol. The minimum Gasteiger partial charge on any atom is -0.465 e. The van der Waals surface area contributed by atoms with E-state index in [4.69, 9.17) is 0 Å². The molecule has 2 rings (SSSR count). The average Bonchev–Trinajstić information content (AvgIpc) is 2.82. The van der Waals surface area contributed by atoms with Crippen LogP contribution in [0, 0.1) is 0 Å². The Bertz CT molecular complexity index is 353. The normalized spacial score (nSPS) is 16.1. The number of benzene rings is 1. The highest BCUT2D eigenvalue weighted by Gasteiger charge is 2.14. The van der Waals surface area contributed by atoms with Crippen LogP contribution in [0.1, 0.15) is 36.0 Å². The van der Waals surface area contributed by atoms with E-state index in [0.29, 0.717) is 11.6 Å². The molecule has 1 fully saturated rings. The van der Waals surface area contributed by atoms with Gasteiger partial charge in [0.15, 0.2) is 0 Å². The van der Waals surface area contributed by atoms with Crippen LogP contribution < -0.4 is 5.32 Å². The van der Waals surface area contributed by atoms with Gasteiger partial charge in [-0.2, -0.15) is 0 Å². The van der Waals surface area contributed by atoms with Gasteiger partial charge in [0.05, 0.1) is 12.7 Å². The molecule has 0 radical (unpaired) electrons. The number of rotatable bonds is 3. The van der Waals surface area contributed by atoms with Gasteiger partial charge in [0, 0.05) is 11.7 Å². The van der Waals surface area contributed by atoms with Crippen LogP contribution in [-0.4, -0.2) is 19.1 Å². The second kappa shape index (κ2) is 5.01. The number of esters is 1. The number of carbonyl (C=O) groups excluding carboxylic acids is 1. The quantitative estimate of drug-likeness (QED) is 0.794. The first-order chi connectivity index (χ1) is 7.79. The Kier molecular flexibility index (Phi) is 3.44. The van der Waals surface area contributed by atoms with Gasteiger partial charge in [-0.05, 0) is 37.1 Å². The van der Waals surface area contributed by atoms with Gasteiger partial charge < -0.3 is 10.1 Å². The van der Waals surface area contributed by atoms with E-state index in [-0.39, 0.29) is 5.97 Å². The molecule has 86 valence electrons. The van der Waals surface area contributed by atoms with Crippen molar-refractivity contribution in [2.75, 3.05) is 12.4 Å². The molecule has 3 nitrogen and oxygen atoms in total. The smallest absolute Gasteiger partial charge is 0.337 e. The summed E-state index contributed by atoms with van der Waals surface area (Å²) < 4.78 is 4.65. The van der Waals surface area contributed by atoms with Crippen molar-refractivity contribution in [3.63, 3.8) is 0 Å². The van der Waals surface area contributed by atoms with Crippen LogP contribution in [0.5, 0.6) is 0 Å². The Labute approximate surface area is 95.8 Å². The zero-order valence-electron chi connectivity index (χ0n) is 9.53. The third-order valence-corrected chi connectivity index (χ3v) is 3.03. The highest BCUT2D eigenvalue weighted by molar-refractivity contribution is 5.89. The largest absolute Gasteiger partial charge is 0.465 e. The van der Waals surface area contributed by atoms with Gasteiger partial charge in [-0.15, -0.1) is 0 Å². The Morgan fingerprint density at radius 2 is 1.88 bits per heavy atom. The molecular weight excluding hydrogens is 202 g/mol. The predicted molar refractivity (Wildman–Crippen MR) is 63.7 cm³/mol. The van der Waals surface area contributed by atoms with E-state index < -0.39 is 0 Å². The molecule has 1 N–H and O–H groups in total. The molecule has 0 heterocycles. The summed E-state index contributed by atoms with van der Waals surface area (Å²) in [7, 11) is 1.40. The molecule has 1 aliphatic carbocycles. The summed E-state index contributed by atoms with van der Waals surface area (Å²) in [5.41, 5.74) is 1.68. The molecule has 1 aliphatic rings. The van der Waals surface area contributed by atoms with Crippen molar-refractivity contribution in [2.45, 2.75) is 31.7 Å². The highest BCUT2D eigenvalue weighted by atomic mass is 16.5. The number of hydrogen-bond donors (Lipinski definition) is 1. The third-order valence-electron chi connectivity index (χ3n) is 3.03. The molecular formula is C13H17NO2. The lowest BCUT2D eigenvalue weighted by Gasteiger charge is -2.13. The molecule has 0 spiro atoms. The fraction of sp³-hybridized carbons (Fsp3) is 0.462. The van der Waals surface area contributed by atoms with Crippen LogP contribution in [0.15, 0.2) is 24.3 Å². The van der Waals surface area contributed by atoms with E-state index in [1.54, 1.807) is 12.1 Å². The molecule has 16 heavy (non-hydrogen) atoms.